The van der Waals surface area contributed by atoms with Crippen LogP contribution in [0.5, 0.6) is 0 Å². The Morgan fingerprint density at radius 1 is 1.24 bits per heavy atom. The van der Waals surface area contributed by atoms with Crippen LogP contribution < -0.4 is 0 Å². The van der Waals surface area contributed by atoms with Crippen molar-refractivity contribution in [1.29, 1.82) is 0 Å². The van der Waals surface area contributed by atoms with Crippen molar-refractivity contribution in [3.8, 4) is 0 Å². The summed E-state index contributed by atoms with van der Waals surface area (Å²) in [4.78, 5) is 16.2. The van der Waals surface area contributed by atoms with Gasteiger partial charge >= 0.3 is 5.97 Å². The fourth-order valence-electron chi connectivity index (χ4n) is 5.06. The summed E-state index contributed by atoms with van der Waals surface area (Å²) in [5.74, 6) is -0.429. The summed E-state index contributed by atoms with van der Waals surface area (Å²) < 4.78 is 5.97. The molecule has 3 fully saturated rings. The smallest absolute Gasteiger partial charge is 0.344 e. The molecule has 3 aliphatic rings. The van der Waals surface area contributed by atoms with E-state index in [1.54, 1.807) is 0 Å². The molecule has 4 rings (SSSR count). The number of ether oxygens (including phenoxy) is 1. The molecule has 4 nitrogen and oxygen atoms in total. The molecule has 0 amide bonds. The van der Waals surface area contributed by atoms with Crippen molar-refractivity contribution < 1.29 is 14.6 Å². The van der Waals surface area contributed by atoms with E-state index >= 15 is 0 Å². The first-order valence-corrected chi connectivity index (χ1v) is 10.2. The molecule has 4 atom stereocenters. The first kappa shape index (κ1) is 19.2. The van der Waals surface area contributed by atoms with Crippen LogP contribution >= 0.6 is 23.7 Å². The lowest BCUT2D eigenvalue weighted by molar-refractivity contribution is -0.183. The lowest BCUT2D eigenvalue weighted by Crippen LogP contribution is -2.50. The maximum absolute atomic E-state index is 13.1. The second-order valence-electron chi connectivity index (χ2n) is 7.71. The zero-order valence-electron chi connectivity index (χ0n) is 14.7. The summed E-state index contributed by atoms with van der Waals surface area (Å²) in [6, 6.07) is 4.76. The summed E-state index contributed by atoms with van der Waals surface area (Å²) in [5.41, 5.74) is -1.46. The standard InChI is InChI=1S/C19H27NO3S.ClH/c1-20-14-8-10-15(20)16(11-9-14)23-18(21)19(22,13-5-2-3-6-13)17-7-4-12-24-17;/h4,7,12-16,22H,2-3,5-6,8-11H2,1H3;1H/t14-,15-,16+,19?;/m1./s1. The third kappa shape index (κ3) is 3.25. The average Bonchev–Trinajstić information content (AvgIpc) is 3.31. The van der Waals surface area contributed by atoms with Crippen LogP contribution in [-0.4, -0.2) is 41.2 Å². The number of hydrogen-bond acceptors (Lipinski definition) is 5. The van der Waals surface area contributed by atoms with Crippen LogP contribution in [0.4, 0.5) is 0 Å². The van der Waals surface area contributed by atoms with Gasteiger partial charge in [-0.05, 0) is 57.0 Å². The van der Waals surface area contributed by atoms with Crippen molar-refractivity contribution in [2.45, 2.75) is 75.2 Å². The van der Waals surface area contributed by atoms with Crippen molar-refractivity contribution in [3.05, 3.63) is 22.4 Å². The van der Waals surface area contributed by atoms with Gasteiger partial charge in [0.1, 0.15) is 6.10 Å². The average molecular weight is 386 g/mol. The Labute approximate surface area is 160 Å². The second kappa shape index (κ2) is 7.55. The summed E-state index contributed by atoms with van der Waals surface area (Å²) in [6.07, 6.45) is 8.22. The van der Waals surface area contributed by atoms with Gasteiger partial charge in [0.05, 0.1) is 0 Å². The number of carbonyl (C=O) groups excluding carboxylic acids is 1. The highest BCUT2D eigenvalue weighted by Gasteiger charge is 2.51. The molecule has 1 unspecified atom stereocenters. The molecule has 2 bridgehead atoms. The van der Waals surface area contributed by atoms with E-state index in [9.17, 15) is 9.90 Å². The molecule has 25 heavy (non-hydrogen) atoms. The molecule has 6 heteroatoms. The molecular weight excluding hydrogens is 358 g/mol. The topological polar surface area (TPSA) is 49.8 Å². The number of rotatable bonds is 4. The first-order valence-electron chi connectivity index (χ1n) is 9.30. The number of thiophene rings is 1. The van der Waals surface area contributed by atoms with Crippen molar-refractivity contribution in [3.63, 3.8) is 0 Å². The number of piperidine rings is 1. The maximum Gasteiger partial charge on any atom is 0.344 e. The Bertz CT molecular complexity index is 589. The van der Waals surface area contributed by atoms with Gasteiger partial charge in [0, 0.05) is 22.9 Å². The minimum absolute atomic E-state index is 0. The largest absolute Gasteiger partial charge is 0.458 e. The molecule has 1 aromatic heterocycles. The van der Waals surface area contributed by atoms with Gasteiger partial charge in [-0.1, -0.05) is 18.9 Å². The van der Waals surface area contributed by atoms with Gasteiger partial charge in [0.25, 0.3) is 0 Å². The quantitative estimate of drug-likeness (QED) is 0.802. The van der Waals surface area contributed by atoms with Gasteiger partial charge in [0.2, 0.25) is 0 Å². The Morgan fingerprint density at radius 2 is 1.96 bits per heavy atom. The van der Waals surface area contributed by atoms with Gasteiger partial charge < -0.3 is 9.84 Å². The number of aliphatic hydroxyl groups is 1. The van der Waals surface area contributed by atoms with E-state index in [0.717, 1.165) is 49.8 Å². The molecule has 140 valence electrons. The molecule has 1 saturated carbocycles. The molecule has 2 saturated heterocycles. The third-order valence-corrected chi connectivity index (χ3v) is 7.52. The second-order valence-corrected chi connectivity index (χ2v) is 8.66. The predicted octanol–water partition coefficient (Wildman–Crippen LogP) is 3.72. The van der Waals surface area contributed by atoms with E-state index in [1.165, 1.54) is 17.8 Å². The van der Waals surface area contributed by atoms with Gasteiger partial charge in [-0.25, -0.2) is 4.79 Å². The van der Waals surface area contributed by atoms with Crippen LogP contribution in [-0.2, 0) is 15.1 Å². The molecular formula is C19H28ClNO3S. The predicted molar refractivity (Wildman–Crippen MR) is 101 cm³/mol. The maximum atomic E-state index is 13.1. The normalized spacial score (nSPS) is 32.2. The molecule has 0 radical (unpaired) electrons. The highest BCUT2D eigenvalue weighted by molar-refractivity contribution is 7.10. The van der Waals surface area contributed by atoms with Gasteiger partial charge in [-0.15, -0.1) is 23.7 Å². The van der Waals surface area contributed by atoms with Crippen LogP contribution in [0.3, 0.4) is 0 Å². The Balaban J connectivity index is 0.00000182. The zero-order valence-corrected chi connectivity index (χ0v) is 16.4. The highest BCUT2D eigenvalue weighted by Crippen LogP contribution is 2.44. The number of carbonyl (C=O) groups is 1. The van der Waals surface area contributed by atoms with Crippen molar-refractivity contribution in [2.24, 2.45) is 5.92 Å². The van der Waals surface area contributed by atoms with E-state index in [2.05, 4.69) is 11.9 Å². The summed E-state index contributed by atoms with van der Waals surface area (Å²) >= 11 is 1.46. The fraction of sp³-hybridized carbons (Fsp3) is 0.737. The van der Waals surface area contributed by atoms with Crippen LogP contribution in [0.2, 0.25) is 0 Å². The first-order chi connectivity index (χ1) is 11.6. The van der Waals surface area contributed by atoms with Crippen LogP contribution in [0.15, 0.2) is 17.5 Å². The van der Waals surface area contributed by atoms with E-state index in [0.29, 0.717) is 12.1 Å². The van der Waals surface area contributed by atoms with Gasteiger partial charge in [0.15, 0.2) is 5.60 Å². The van der Waals surface area contributed by atoms with E-state index in [-0.39, 0.29) is 24.4 Å². The molecule has 0 aromatic carbocycles. The zero-order chi connectivity index (χ0) is 16.7. The Hall–Kier alpha value is -0.620. The van der Waals surface area contributed by atoms with Crippen LogP contribution in [0, 0.1) is 5.92 Å². The molecule has 1 aliphatic carbocycles. The van der Waals surface area contributed by atoms with E-state index in [1.807, 2.05) is 17.5 Å². The number of nitrogens with zero attached hydrogens (tertiary/aromatic N) is 1. The van der Waals surface area contributed by atoms with Crippen molar-refractivity contribution >= 4 is 29.7 Å². The molecule has 3 heterocycles. The molecule has 0 spiro atoms. The van der Waals surface area contributed by atoms with Gasteiger partial charge in [-0.2, -0.15) is 0 Å². The lowest BCUT2D eigenvalue weighted by atomic mass is 9.84. The minimum Gasteiger partial charge on any atom is -0.458 e. The summed E-state index contributed by atoms with van der Waals surface area (Å²) in [5, 5.41) is 13.4. The van der Waals surface area contributed by atoms with Crippen LogP contribution in [0.25, 0.3) is 0 Å². The highest BCUT2D eigenvalue weighted by atomic mass is 35.5. The third-order valence-electron chi connectivity index (χ3n) is 6.52. The SMILES string of the molecule is CN1[C@H]2CC[C@H](OC(=O)C(O)(c3cccs3)C3CCCC3)[C@H]1CC2.Cl. The fourth-order valence-corrected chi connectivity index (χ4v) is 5.95. The van der Waals surface area contributed by atoms with Crippen molar-refractivity contribution in [2.75, 3.05) is 7.05 Å². The van der Waals surface area contributed by atoms with Crippen LogP contribution in [0.1, 0.15) is 56.2 Å². The minimum atomic E-state index is -1.46. The molecule has 1 aromatic rings. The van der Waals surface area contributed by atoms with Gasteiger partial charge in [-0.3, -0.25) is 4.90 Å². The van der Waals surface area contributed by atoms with E-state index in [4.69, 9.17) is 4.74 Å². The molecule has 2 aliphatic heterocycles. The van der Waals surface area contributed by atoms with E-state index < -0.39 is 11.6 Å². The van der Waals surface area contributed by atoms with Crippen molar-refractivity contribution in [1.82, 2.24) is 4.90 Å². The number of esters is 1. The molecule has 1 N–H and O–H groups in total. The Morgan fingerprint density at radius 3 is 2.64 bits per heavy atom. The summed E-state index contributed by atoms with van der Waals surface area (Å²) in [6.45, 7) is 0. The summed E-state index contributed by atoms with van der Waals surface area (Å²) in [7, 11) is 2.14. The Kier molecular flexibility index (Phi) is 5.78. The number of hydrogen-bond donors (Lipinski definition) is 1. The monoisotopic (exact) mass is 385 g/mol. The number of likely N-dealkylation sites (N-methyl/N-ethyl adjacent to an activating group) is 1. The number of fused-ring (bicyclic) bond motifs is 2. The lowest BCUT2D eigenvalue weighted by Gasteiger charge is -2.39. The number of halogens is 1.